The lowest BCUT2D eigenvalue weighted by atomic mass is 10.1. The molecule has 0 saturated carbocycles. The van der Waals surface area contributed by atoms with E-state index in [1.807, 2.05) is 25.1 Å². The van der Waals surface area contributed by atoms with Gasteiger partial charge in [-0.1, -0.05) is 6.07 Å². The van der Waals surface area contributed by atoms with Crippen LogP contribution in [0.25, 0.3) is 5.69 Å². The van der Waals surface area contributed by atoms with Crippen LogP contribution in [0.2, 0.25) is 0 Å². The summed E-state index contributed by atoms with van der Waals surface area (Å²) < 4.78 is 1.58. The molecule has 1 atom stereocenters. The number of rotatable bonds is 3. The number of hydrogen-bond acceptors (Lipinski definition) is 5. The monoisotopic (exact) mass is 308 g/mol. The predicted molar refractivity (Wildman–Crippen MR) is 80.8 cm³/mol. The summed E-state index contributed by atoms with van der Waals surface area (Å²) >= 11 is 0. The normalized spacial score (nSPS) is 17.3. The minimum atomic E-state index is -0.0900. The Morgan fingerprint density at radius 3 is 3.00 bits per heavy atom. The summed E-state index contributed by atoms with van der Waals surface area (Å²) in [4.78, 5) is 12.1. The molecule has 8 heteroatoms. The van der Waals surface area contributed by atoms with Crippen molar-refractivity contribution in [1.82, 2.24) is 25.5 Å². The SMILES string of the molecule is Cc1ccc(NC(=O)C2CCCN2)cc1-n1cnnn1.Cl. The van der Waals surface area contributed by atoms with Crippen LogP contribution in [0, 0.1) is 6.92 Å². The molecule has 1 fully saturated rings. The molecule has 1 aromatic heterocycles. The summed E-state index contributed by atoms with van der Waals surface area (Å²) in [5.74, 6) is 0.00835. The number of amides is 1. The van der Waals surface area contributed by atoms with Gasteiger partial charge in [0.2, 0.25) is 5.91 Å². The molecule has 3 rings (SSSR count). The summed E-state index contributed by atoms with van der Waals surface area (Å²) in [7, 11) is 0. The highest BCUT2D eigenvalue weighted by molar-refractivity contribution is 5.95. The zero-order chi connectivity index (χ0) is 13.9. The van der Waals surface area contributed by atoms with Crippen LogP contribution in [0.5, 0.6) is 0 Å². The van der Waals surface area contributed by atoms with Crippen molar-refractivity contribution in [2.75, 3.05) is 11.9 Å². The Balaban J connectivity index is 0.00000161. The van der Waals surface area contributed by atoms with Crippen molar-refractivity contribution in [2.24, 2.45) is 0 Å². The Labute approximate surface area is 128 Å². The van der Waals surface area contributed by atoms with Gasteiger partial charge in [-0.3, -0.25) is 4.79 Å². The summed E-state index contributed by atoms with van der Waals surface area (Å²) in [5, 5.41) is 17.2. The molecular formula is C13H17ClN6O. The van der Waals surface area contributed by atoms with Gasteiger partial charge in [0.05, 0.1) is 11.7 Å². The Morgan fingerprint density at radius 2 is 2.33 bits per heavy atom. The number of hydrogen-bond donors (Lipinski definition) is 2. The van der Waals surface area contributed by atoms with Gasteiger partial charge in [0, 0.05) is 5.69 Å². The second kappa shape index (κ2) is 6.64. The van der Waals surface area contributed by atoms with Gasteiger partial charge in [0.1, 0.15) is 6.33 Å². The van der Waals surface area contributed by atoms with E-state index in [1.165, 1.54) is 6.33 Å². The lowest BCUT2D eigenvalue weighted by molar-refractivity contribution is -0.117. The second-order valence-corrected chi connectivity index (χ2v) is 4.89. The third-order valence-corrected chi connectivity index (χ3v) is 3.45. The summed E-state index contributed by atoms with van der Waals surface area (Å²) in [6.07, 6.45) is 3.46. The summed E-state index contributed by atoms with van der Waals surface area (Å²) in [5.41, 5.74) is 2.64. The van der Waals surface area contributed by atoms with Crippen molar-refractivity contribution >= 4 is 24.0 Å². The number of halogens is 1. The van der Waals surface area contributed by atoms with E-state index in [4.69, 9.17) is 0 Å². The number of anilines is 1. The van der Waals surface area contributed by atoms with Crippen LogP contribution in [-0.2, 0) is 4.79 Å². The quantitative estimate of drug-likeness (QED) is 0.886. The Kier molecular flexibility index (Phi) is 4.87. The maximum absolute atomic E-state index is 12.1. The predicted octanol–water partition coefficient (Wildman–Crippen LogP) is 1.08. The molecule has 2 aromatic rings. The maximum Gasteiger partial charge on any atom is 0.241 e. The summed E-state index contributed by atoms with van der Waals surface area (Å²) in [6.45, 7) is 2.88. The molecule has 0 radical (unpaired) electrons. The smallest absolute Gasteiger partial charge is 0.241 e. The van der Waals surface area contributed by atoms with E-state index in [0.29, 0.717) is 0 Å². The second-order valence-electron chi connectivity index (χ2n) is 4.89. The highest BCUT2D eigenvalue weighted by Gasteiger charge is 2.22. The largest absolute Gasteiger partial charge is 0.325 e. The van der Waals surface area contributed by atoms with Crippen LogP contribution in [0.15, 0.2) is 24.5 Å². The van der Waals surface area contributed by atoms with Gasteiger partial charge < -0.3 is 10.6 Å². The fourth-order valence-electron chi connectivity index (χ4n) is 2.34. The van der Waals surface area contributed by atoms with Crippen LogP contribution < -0.4 is 10.6 Å². The molecule has 1 aromatic carbocycles. The van der Waals surface area contributed by atoms with E-state index < -0.39 is 0 Å². The van der Waals surface area contributed by atoms with Gasteiger partial charge in [-0.05, 0) is 54.4 Å². The highest BCUT2D eigenvalue weighted by Crippen LogP contribution is 2.19. The molecular weight excluding hydrogens is 292 g/mol. The number of aromatic nitrogens is 4. The van der Waals surface area contributed by atoms with Gasteiger partial charge in [0.15, 0.2) is 0 Å². The maximum atomic E-state index is 12.1. The molecule has 1 amide bonds. The van der Waals surface area contributed by atoms with Crippen LogP contribution in [0.1, 0.15) is 18.4 Å². The number of nitrogens with zero attached hydrogens (tertiary/aromatic N) is 4. The molecule has 0 bridgehead atoms. The molecule has 2 N–H and O–H groups in total. The molecule has 7 nitrogen and oxygen atoms in total. The fourth-order valence-corrected chi connectivity index (χ4v) is 2.34. The molecule has 112 valence electrons. The van der Waals surface area contributed by atoms with E-state index in [9.17, 15) is 4.79 Å². The fraction of sp³-hybridized carbons (Fsp3) is 0.385. The number of benzene rings is 1. The summed E-state index contributed by atoms with van der Waals surface area (Å²) in [6, 6.07) is 5.61. The number of carbonyl (C=O) groups is 1. The minimum Gasteiger partial charge on any atom is -0.325 e. The zero-order valence-corrected chi connectivity index (χ0v) is 12.4. The molecule has 1 saturated heterocycles. The van der Waals surface area contributed by atoms with Crippen LogP contribution in [0.3, 0.4) is 0 Å². The third kappa shape index (κ3) is 3.37. The van der Waals surface area contributed by atoms with Gasteiger partial charge >= 0.3 is 0 Å². The average Bonchev–Trinajstić information content (AvgIpc) is 3.14. The first-order valence-corrected chi connectivity index (χ1v) is 6.62. The van der Waals surface area contributed by atoms with Crippen molar-refractivity contribution < 1.29 is 4.79 Å². The molecule has 21 heavy (non-hydrogen) atoms. The first kappa shape index (κ1) is 15.4. The molecule has 2 heterocycles. The van der Waals surface area contributed by atoms with E-state index in [0.717, 1.165) is 36.3 Å². The van der Waals surface area contributed by atoms with E-state index in [1.54, 1.807) is 4.68 Å². The highest BCUT2D eigenvalue weighted by atomic mass is 35.5. The van der Waals surface area contributed by atoms with Crippen molar-refractivity contribution in [3.63, 3.8) is 0 Å². The topological polar surface area (TPSA) is 84.7 Å². The molecule has 0 aliphatic carbocycles. The van der Waals surface area contributed by atoms with Crippen molar-refractivity contribution in [1.29, 1.82) is 0 Å². The number of aryl methyl sites for hydroxylation is 1. The van der Waals surface area contributed by atoms with E-state index in [2.05, 4.69) is 26.2 Å². The standard InChI is InChI=1S/C13H16N6O.ClH/c1-9-4-5-10(7-12(9)19-8-15-17-18-19)16-13(20)11-3-2-6-14-11;/h4-5,7-8,11,14H,2-3,6H2,1H3,(H,16,20);1H. The molecule has 0 spiro atoms. The first-order chi connectivity index (χ1) is 9.74. The number of tetrazole rings is 1. The van der Waals surface area contributed by atoms with Gasteiger partial charge in [-0.15, -0.1) is 17.5 Å². The van der Waals surface area contributed by atoms with Crippen LogP contribution in [-0.4, -0.2) is 38.7 Å². The lowest BCUT2D eigenvalue weighted by Crippen LogP contribution is -2.35. The number of carbonyl (C=O) groups excluding carboxylic acids is 1. The molecule has 1 unspecified atom stereocenters. The Morgan fingerprint density at radius 1 is 1.48 bits per heavy atom. The molecule has 1 aliphatic heterocycles. The zero-order valence-electron chi connectivity index (χ0n) is 11.6. The lowest BCUT2D eigenvalue weighted by Gasteiger charge is -2.13. The van der Waals surface area contributed by atoms with Crippen molar-refractivity contribution in [2.45, 2.75) is 25.8 Å². The van der Waals surface area contributed by atoms with Gasteiger partial charge in [0.25, 0.3) is 0 Å². The van der Waals surface area contributed by atoms with E-state index >= 15 is 0 Å². The Bertz CT molecular complexity index is 609. The first-order valence-electron chi connectivity index (χ1n) is 6.62. The van der Waals surface area contributed by atoms with Crippen molar-refractivity contribution in [3.05, 3.63) is 30.1 Å². The minimum absolute atomic E-state index is 0. The van der Waals surface area contributed by atoms with Crippen molar-refractivity contribution in [3.8, 4) is 5.69 Å². The third-order valence-electron chi connectivity index (χ3n) is 3.45. The average molecular weight is 309 g/mol. The Hall–Kier alpha value is -1.99. The number of nitrogens with one attached hydrogen (secondary N) is 2. The van der Waals surface area contributed by atoms with Crippen LogP contribution >= 0.6 is 12.4 Å². The van der Waals surface area contributed by atoms with Gasteiger partial charge in [-0.25, -0.2) is 4.68 Å². The van der Waals surface area contributed by atoms with Crippen LogP contribution in [0.4, 0.5) is 5.69 Å². The van der Waals surface area contributed by atoms with E-state index in [-0.39, 0.29) is 24.4 Å². The van der Waals surface area contributed by atoms with Gasteiger partial charge in [-0.2, -0.15) is 0 Å². The molecule has 1 aliphatic rings.